The molecule has 2 saturated heterocycles. The molecular formula is C28H36ClNO5. The molecule has 4 aliphatic rings. The largest absolute Gasteiger partial charge is 0.493 e. The second-order valence-corrected chi connectivity index (χ2v) is 9.99. The smallest absolute Gasteiger partial charge is 0.338 e. The van der Waals surface area contributed by atoms with Gasteiger partial charge in [0, 0.05) is 23.4 Å². The molecule has 2 aliphatic carbocycles. The molecule has 7 heteroatoms. The summed E-state index contributed by atoms with van der Waals surface area (Å²) in [6.45, 7) is 2.77. The van der Waals surface area contributed by atoms with Crippen molar-refractivity contribution in [3.05, 3.63) is 53.1 Å². The fourth-order valence-electron chi connectivity index (χ4n) is 7.18. The molecule has 0 N–H and O–H groups in total. The van der Waals surface area contributed by atoms with Gasteiger partial charge in [-0.05, 0) is 61.9 Å². The molecule has 0 spiro atoms. The van der Waals surface area contributed by atoms with Crippen LogP contribution in [0.5, 0.6) is 17.2 Å². The number of esters is 1. The van der Waals surface area contributed by atoms with Crippen LogP contribution in [0.15, 0.2) is 36.4 Å². The molecule has 4 bridgehead atoms. The summed E-state index contributed by atoms with van der Waals surface area (Å²) in [6.07, 6.45) is 4.51. The molecule has 4 unspecified atom stereocenters. The van der Waals surface area contributed by atoms with Gasteiger partial charge in [-0.3, -0.25) is 4.90 Å². The third-order valence-electron chi connectivity index (χ3n) is 8.84. The van der Waals surface area contributed by atoms with Crippen molar-refractivity contribution in [1.82, 2.24) is 4.90 Å². The van der Waals surface area contributed by atoms with Crippen LogP contribution < -0.4 is 14.2 Å². The van der Waals surface area contributed by atoms with Crippen LogP contribution in [0.4, 0.5) is 0 Å². The Morgan fingerprint density at radius 3 is 2.37 bits per heavy atom. The van der Waals surface area contributed by atoms with Gasteiger partial charge in [0.1, 0.15) is 0 Å². The standard InChI is InChI=1S/C28H35NO5.ClH/c1-6-28-15-23-19(11-21(28)22(29(23)2)12-17-9-7-8-10-20(17)28)16-34-27(30)18-13-24(31-3)26(33-5)25(14-18)32-4;/h7-10,13-14,19,21-23H,6,11-12,15-16H2,1-5H3;1H/t19?,21?,22?,23?,28-;/m1./s1. The third-order valence-corrected chi connectivity index (χ3v) is 8.84. The normalized spacial score (nSPS) is 28.5. The van der Waals surface area contributed by atoms with E-state index in [0.717, 1.165) is 25.7 Å². The van der Waals surface area contributed by atoms with Crippen molar-refractivity contribution < 1.29 is 23.7 Å². The third kappa shape index (κ3) is 3.95. The van der Waals surface area contributed by atoms with Crippen LogP contribution in [0.3, 0.4) is 0 Å². The van der Waals surface area contributed by atoms with Gasteiger partial charge in [0.15, 0.2) is 11.5 Å². The Balaban J connectivity index is 0.00000289. The summed E-state index contributed by atoms with van der Waals surface area (Å²) < 4.78 is 22.0. The molecular weight excluding hydrogens is 466 g/mol. The minimum atomic E-state index is -0.362. The van der Waals surface area contributed by atoms with Crippen LogP contribution >= 0.6 is 12.4 Å². The Morgan fingerprint density at radius 1 is 1.06 bits per heavy atom. The zero-order chi connectivity index (χ0) is 24.0. The second-order valence-electron chi connectivity index (χ2n) is 9.99. The molecule has 190 valence electrons. The lowest BCUT2D eigenvalue weighted by Gasteiger charge is -2.65. The first-order valence-corrected chi connectivity index (χ1v) is 12.2. The highest BCUT2D eigenvalue weighted by atomic mass is 35.5. The van der Waals surface area contributed by atoms with E-state index in [4.69, 9.17) is 18.9 Å². The molecule has 2 heterocycles. The van der Waals surface area contributed by atoms with E-state index < -0.39 is 0 Å². The maximum Gasteiger partial charge on any atom is 0.338 e. The summed E-state index contributed by atoms with van der Waals surface area (Å²) in [5.41, 5.74) is 3.72. The van der Waals surface area contributed by atoms with E-state index in [2.05, 4.69) is 43.1 Å². The van der Waals surface area contributed by atoms with Crippen molar-refractivity contribution in [2.24, 2.45) is 11.8 Å². The number of carbonyl (C=O) groups is 1. The number of rotatable bonds is 7. The van der Waals surface area contributed by atoms with Crippen molar-refractivity contribution in [3.8, 4) is 17.2 Å². The van der Waals surface area contributed by atoms with Gasteiger partial charge in [0.05, 0.1) is 33.5 Å². The SMILES string of the molecule is CC[C@]12CC3C(COC(=O)c4cc(OC)c(OC)c(OC)c4)CC1C(Cc1ccccc12)N3C.Cl. The number of hydrogen-bond acceptors (Lipinski definition) is 6. The monoisotopic (exact) mass is 501 g/mol. The number of ether oxygens (including phenoxy) is 4. The second kappa shape index (κ2) is 9.90. The zero-order valence-corrected chi connectivity index (χ0v) is 22.0. The highest BCUT2D eigenvalue weighted by Crippen LogP contribution is 2.59. The van der Waals surface area contributed by atoms with Crippen molar-refractivity contribution in [2.45, 2.75) is 50.1 Å². The maximum atomic E-state index is 13.0. The number of methoxy groups -OCH3 is 3. The van der Waals surface area contributed by atoms with Gasteiger partial charge in [-0.15, -0.1) is 12.4 Å². The average Bonchev–Trinajstić information content (AvgIpc) is 2.88. The predicted octanol–water partition coefficient (Wildman–Crippen LogP) is 4.90. The number of piperidine rings is 2. The summed E-state index contributed by atoms with van der Waals surface area (Å²) in [6, 6.07) is 13.3. The number of likely N-dealkylation sites (N-methyl/N-ethyl adjacent to an activating group) is 1. The molecule has 2 aromatic rings. The topological polar surface area (TPSA) is 57.2 Å². The molecule has 2 aromatic carbocycles. The van der Waals surface area contributed by atoms with E-state index >= 15 is 0 Å². The van der Waals surface area contributed by atoms with Crippen LogP contribution in [0.1, 0.15) is 47.7 Å². The summed E-state index contributed by atoms with van der Waals surface area (Å²) in [5, 5.41) is 0. The molecule has 3 fully saturated rings. The summed E-state index contributed by atoms with van der Waals surface area (Å²) in [4.78, 5) is 15.6. The van der Waals surface area contributed by atoms with Crippen molar-refractivity contribution in [3.63, 3.8) is 0 Å². The minimum absolute atomic E-state index is 0. The Kier molecular flexibility index (Phi) is 7.26. The van der Waals surface area contributed by atoms with Crippen molar-refractivity contribution in [1.29, 1.82) is 0 Å². The van der Waals surface area contributed by atoms with Gasteiger partial charge >= 0.3 is 5.97 Å². The molecule has 2 aliphatic heterocycles. The van der Waals surface area contributed by atoms with Crippen LogP contribution in [0.25, 0.3) is 0 Å². The Morgan fingerprint density at radius 2 is 1.74 bits per heavy atom. The van der Waals surface area contributed by atoms with Gasteiger partial charge < -0.3 is 18.9 Å². The molecule has 1 saturated carbocycles. The first-order chi connectivity index (χ1) is 16.5. The average molecular weight is 502 g/mol. The lowest BCUT2D eigenvalue weighted by molar-refractivity contribution is -0.107. The molecule has 6 nitrogen and oxygen atoms in total. The maximum absolute atomic E-state index is 13.0. The Bertz CT molecular complexity index is 1070. The van der Waals surface area contributed by atoms with Crippen molar-refractivity contribution in [2.75, 3.05) is 35.0 Å². The summed E-state index contributed by atoms with van der Waals surface area (Å²) >= 11 is 0. The zero-order valence-electron chi connectivity index (χ0n) is 21.2. The van der Waals surface area contributed by atoms with Gasteiger partial charge in [0.25, 0.3) is 0 Å². The van der Waals surface area contributed by atoms with Crippen LogP contribution in [-0.2, 0) is 16.6 Å². The quantitative estimate of drug-likeness (QED) is 0.503. The minimum Gasteiger partial charge on any atom is -0.493 e. The van der Waals surface area contributed by atoms with Crippen molar-refractivity contribution >= 4 is 18.4 Å². The van der Waals surface area contributed by atoms with Gasteiger partial charge in [-0.1, -0.05) is 31.2 Å². The van der Waals surface area contributed by atoms with Gasteiger partial charge in [-0.25, -0.2) is 4.79 Å². The first-order valence-electron chi connectivity index (χ1n) is 12.2. The Labute approximate surface area is 214 Å². The lowest BCUT2D eigenvalue weighted by atomic mass is 9.48. The number of carbonyl (C=O) groups excluding carboxylic acids is 1. The molecule has 6 rings (SSSR count). The predicted molar refractivity (Wildman–Crippen MR) is 137 cm³/mol. The van der Waals surface area contributed by atoms with E-state index in [1.807, 2.05) is 0 Å². The molecule has 0 aromatic heterocycles. The van der Waals surface area contributed by atoms with E-state index in [1.54, 1.807) is 39.0 Å². The summed E-state index contributed by atoms with van der Waals surface area (Å²) in [5.74, 6) is 1.92. The molecule has 5 atom stereocenters. The fraction of sp³-hybridized carbons (Fsp3) is 0.536. The van der Waals surface area contributed by atoms with Crippen LogP contribution in [-0.4, -0.2) is 57.9 Å². The summed E-state index contributed by atoms with van der Waals surface area (Å²) in [7, 11) is 6.89. The van der Waals surface area contributed by atoms with Crippen LogP contribution in [0, 0.1) is 11.8 Å². The molecule has 0 radical (unpaired) electrons. The highest BCUT2D eigenvalue weighted by Gasteiger charge is 2.59. The molecule has 0 amide bonds. The van der Waals surface area contributed by atoms with Gasteiger partial charge in [0.2, 0.25) is 5.75 Å². The van der Waals surface area contributed by atoms with E-state index in [0.29, 0.717) is 53.3 Å². The number of nitrogens with zero attached hydrogens (tertiary/aromatic N) is 1. The number of benzene rings is 2. The molecule has 35 heavy (non-hydrogen) atoms. The number of halogens is 1. The van der Waals surface area contributed by atoms with Crippen LogP contribution in [0.2, 0.25) is 0 Å². The van der Waals surface area contributed by atoms with E-state index in [-0.39, 0.29) is 23.8 Å². The number of fused-ring (bicyclic) bond motifs is 2. The van der Waals surface area contributed by atoms with E-state index in [1.165, 1.54) is 5.56 Å². The lowest BCUT2D eigenvalue weighted by Crippen LogP contribution is -2.68. The first kappa shape index (κ1) is 25.6. The fourth-order valence-corrected chi connectivity index (χ4v) is 7.18. The van der Waals surface area contributed by atoms with E-state index in [9.17, 15) is 4.79 Å². The van der Waals surface area contributed by atoms with Gasteiger partial charge in [-0.2, -0.15) is 0 Å². The highest BCUT2D eigenvalue weighted by molar-refractivity contribution is 5.91. The Hall–Kier alpha value is -2.44. The number of hydrogen-bond donors (Lipinski definition) is 0.